The van der Waals surface area contributed by atoms with Crippen LogP contribution < -0.4 is 10.2 Å². The Bertz CT molecular complexity index is 1020. The minimum absolute atomic E-state index is 0.124. The number of hydrogen-bond donors (Lipinski definition) is 1. The summed E-state index contributed by atoms with van der Waals surface area (Å²) in [4.78, 5) is 33.1. The fourth-order valence-electron chi connectivity index (χ4n) is 3.96. The van der Waals surface area contributed by atoms with Crippen LogP contribution in [0.1, 0.15) is 60.4 Å². The number of amides is 2. The van der Waals surface area contributed by atoms with Gasteiger partial charge in [0.1, 0.15) is 0 Å². The van der Waals surface area contributed by atoms with Gasteiger partial charge in [-0.3, -0.25) is 19.5 Å². The van der Waals surface area contributed by atoms with Crippen LogP contribution in [0.25, 0.3) is 0 Å². The average Bonchev–Trinajstić information content (AvgIpc) is 3.52. The number of nitrogens with zero attached hydrogens (tertiary/aromatic N) is 4. The largest absolute Gasteiger partial charge is 0.351 e. The van der Waals surface area contributed by atoms with Gasteiger partial charge in [-0.25, -0.2) is 0 Å². The van der Waals surface area contributed by atoms with E-state index in [1.165, 1.54) is 4.90 Å². The van der Waals surface area contributed by atoms with Crippen molar-refractivity contribution in [2.24, 2.45) is 0 Å². The standard InChI is InChI=1S/C23H25N5O2S/c1-2-16-8-7-11-18(14-16)28(23(30)20-15-31-27-26-20)21(19-12-5-6-13-24-19)22(29)25-17-9-3-4-10-17/h5-8,11-15,17,21H,2-4,9-10H2,1H3,(H,25,29). The molecule has 0 spiro atoms. The molecule has 1 aliphatic rings. The SMILES string of the molecule is CCc1cccc(N(C(=O)c2csnn2)C(C(=O)NC2CCCC2)c2ccccn2)c1. The van der Waals surface area contributed by atoms with E-state index in [-0.39, 0.29) is 23.6 Å². The maximum Gasteiger partial charge on any atom is 0.280 e. The van der Waals surface area contributed by atoms with Crippen molar-refractivity contribution in [1.29, 1.82) is 0 Å². The smallest absolute Gasteiger partial charge is 0.280 e. The van der Waals surface area contributed by atoms with Gasteiger partial charge in [-0.2, -0.15) is 0 Å². The third-order valence-corrected chi connectivity index (χ3v) is 6.08. The molecule has 2 amide bonds. The molecule has 2 heterocycles. The summed E-state index contributed by atoms with van der Waals surface area (Å²) in [6.07, 6.45) is 6.57. The van der Waals surface area contributed by atoms with Crippen LogP contribution in [0.3, 0.4) is 0 Å². The fraction of sp³-hybridized carbons (Fsp3) is 0.348. The molecule has 0 aliphatic heterocycles. The first kappa shape index (κ1) is 21.1. The Morgan fingerprint density at radius 2 is 2.03 bits per heavy atom. The molecule has 7 nitrogen and oxygen atoms in total. The zero-order valence-corrected chi connectivity index (χ0v) is 18.2. The van der Waals surface area contributed by atoms with Crippen molar-refractivity contribution in [2.75, 3.05) is 4.90 Å². The van der Waals surface area contributed by atoms with E-state index in [9.17, 15) is 9.59 Å². The first-order valence-corrected chi connectivity index (χ1v) is 11.4. The number of carbonyl (C=O) groups excluding carboxylic acids is 2. The molecule has 1 aliphatic carbocycles. The Labute approximate surface area is 185 Å². The molecule has 1 N–H and O–H groups in total. The van der Waals surface area contributed by atoms with Gasteiger partial charge in [-0.1, -0.05) is 42.5 Å². The molecular formula is C23H25N5O2S. The Hall–Kier alpha value is -3.13. The lowest BCUT2D eigenvalue weighted by Crippen LogP contribution is -2.46. The molecule has 1 atom stereocenters. The van der Waals surface area contributed by atoms with E-state index in [4.69, 9.17) is 0 Å². The van der Waals surface area contributed by atoms with Crippen molar-refractivity contribution in [1.82, 2.24) is 19.9 Å². The molecule has 1 aromatic carbocycles. The van der Waals surface area contributed by atoms with Crippen LogP contribution in [0.2, 0.25) is 0 Å². The van der Waals surface area contributed by atoms with Crippen molar-refractivity contribution in [3.8, 4) is 0 Å². The minimum Gasteiger partial charge on any atom is -0.351 e. The van der Waals surface area contributed by atoms with Crippen LogP contribution in [0.4, 0.5) is 5.69 Å². The summed E-state index contributed by atoms with van der Waals surface area (Å²) < 4.78 is 3.84. The number of nitrogens with one attached hydrogen (secondary N) is 1. The highest BCUT2D eigenvalue weighted by atomic mass is 32.1. The summed E-state index contributed by atoms with van der Waals surface area (Å²) in [6, 6.07) is 12.3. The Kier molecular flexibility index (Phi) is 6.66. The second kappa shape index (κ2) is 9.78. The molecule has 2 aromatic heterocycles. The fourth-order valence-corrected chi connectivity index (χ4v) is 4.39. The van der Waals surface area contributed by atoms with Gasteiger partial charge in [-0.05, 0) is 60.6 Å². The predicted molar refractivity (Wildman–Crippen MR) is 120 cm³/mol. The summed E-state index contributed by atoms with van der Waals surface area (Å²) in [6.45, 7) is 2.05. The summed E-state index contributed by atoms with van der Waals surface area (Å²) in [5.41, 5.74) is 2.43. The molecule has 160 valence electrons. The predicted octanol–water partition coefficient (Wildman–Crippen LogP) is 3.94. The van der Waals surface area contributed by atoms with Crippen molar-refractivity contribution in [3.63, 3.8) is 0 Å². The van der Waals surface area contributed by atoms with Crippen molar-refractivity contribution < 1.29 is 9.59 Å². The highest BCUT2D eigenvalue weighted by Crippen LogP contribution is 2.30. The molecule has 8 heteroatoms. The van der Waals surface area contributed by atoms with Gasteiger partial charge >= 0.3 is 0 Å². The summed E-state index contributed by atoms with van der Waals surface area (Å²) in [5, 5.41) is 8.72. The lowest BCUT2D eigenvalue weighted by atomic mass is 10.1. The Balaban J connectivity index is 1.80. The topological polar surface area (TPSA) is 88.1 Å². The number of aromatic nitrogens is 3. The van der Waals surface area contributed by atoms with Gasteiger partial charge in [-0.15, -0.1) is 5.10 Å². The van der Waals surface area contributed by atoms with Crippen LogP contribution in [0.15, 0.2) is 54.0 Å². The van der Waals surface area contributed by atoms with Gasteiger partial charge in [0.25, 0.3) is 5.91 Å². The average molecular weight is 436 g/mol. The lowest BCUT2D eigenvalue weighted by molar-refractivity contribution is -0.123. The molecule has 0 saturated heterocycles. The second-order valence-corrected chi connectivity index (χ2v) is 8.25. The van der Waals surface area contributed by atoms with Gasteiger partial charge < -0.3 is 5.32 Å². The van der Waals surface area contributed by atoms with Gasteiger partial charge in [0.05, 0.1) is 5.69 Å². The third-order valence-electron chi connectivity index (χ3n) is 5.57. The van der Waals surface area contributed by atoms with Gasteiger partial charge in [0.2, 0.25) is 5.91 Å². The first-order valence-electron chi connectivity index (χ1n) is 10.6. The molecule has 4 rings (SSSR count). The van der Waals surface area contributed by atoms with E-state index in [1.807, 2.05) is 30.3 Å². The second-order valence-electron chi connectivity index (χ2n) is 7.64. The highest BCUT2D eigenvalue weighted by Gasteiger charge is 2.36. The van der Waals surface area contributed by atoms with E-state index < -0.39 is 6.04 Å². The van der Waals surface area contributed by atoms with Crippen molar-refractivity contribution >= 4 is 29.0 Å². The highest BCUT2D eigenvalue weighted by molar-refractivity contribution is 7.03. The van der Waals surface area contributed by atoms with E-state index in [1.54, 1.807) is 23.7 Å². The van der Waals surface area contributed by atoms with Crippen molar-refractivity contribution in [2.45, 2.75) is 51.1 Å². The zero-order chi connectivity index (χ0) is 21.6. The van der Waals surface area contributed by atoms with Crippen LogP contribution >= 0.6 is 11.5 Å². The zero-order valence-electron chi connectivity index (χ0n) is 17.4. The molecule has 31 heavy (non-hydrogen) atoms. The number of pyridine rings is 1. The first-order chi connectivity index (χ1) is 15.2. The number of rotatable bonds is 7. The molecular weight excluding hydrogens is 410 g/mol. The van der Waals surface area contributed by atoms with Crippen LogP contribution in [-0.4, -0.2) is 32.4 Å². The van der Waals surface area contributed by atoms with Gasteiger partial charge in [0.15, 0.2) is 11.7 Å². The molecule has 1 fully saturated rings. The maximum absolute atomic E-state index is 13.6. The quantitative estimate of drug-likeness (QED) is 0.607. The maximum atomic E-state index is 13.6. The van der Waals surface area contributed by atoms with E-state index in [0.717, 1.165) is 49.2 Å². The summed E-state index contributed by atoms with van der Waals surface area (Å²) in [5.74, 6) is -0.608. The number of carbonyl (C=O) groups is 2. The van der Waals surface area contributed by atoms with E-state index in [0.29, 0.717) is 11.4 Å². The molecule has 1 unspecified atom stereocenters. The normalized spacial score (nSPS) is 14.9. The van der Waals surface area contributed by atoms with Crippen molar-refractivity contribution in [3.05, 3.63) is 71.0 Å². The molecule has 1 saturated carbocycles. The Morgan fingerprint density at radius 3 is 2.71 bits per heavy atom. The van der Waals surface area contributed by atoms with Crippen LogP contribution in [0, 0.1) is 0 Å². The number of benzene rings is 1. The third kappa shape index (κ3) is 4.80. The molecule has 0 bridgehead atoms. The molecule has 3 aromatic rings. The van der Waals surface area contributed by atoms with E-state index >= 15 is 0 Å². The lowest BCUT2D eigenvalue weighted by Gasteiger charge is -2.31. The monoisotopic (exact) mass is 435 g/mol. The minimum atomic E-state index is -0.914. The van der Waals surface area contributed by atoms with Crippen LogP contribution in [0.5, 0.6) is 0 Å². The summed E-state index contributed by atoms with van der Waals surface area (Å²) >= 11 is 1.11. The van der Waals surface area contributed by atoms with Gasteiger partial charge in [0, 0.05) is 23.3 Å². The Morgan fingerprint density at radius 1 is 1.19 bits per heavy atom. The molecule has 0 radical (unpaired) electrons. The van der Waals surface area contributed by atoms with E-state index in [2.05, 4.69) is 26.8 Å². The number of aryl methyl sites for hydroxylation is 1. The van der Waals surface area contributed by atoms with Crippen LogP contribution in [-0.2, 0) is 11.2 Å². The summed E-state index contributed by atoms with van der Waals surface area (Å²) in [7, 11) is 0. The number of hydrogen-bond acceptors (Lipinski definition) is 6. The number of anilines is 1.